The van der Waals surface area contributed by atoms with Crippen molar-refractivity contribution in [3.63, 3.8) is 0 Å². The number of halogens is 2. The molecule has 0 saturated heterocycles. The molecule has 3 rings (SSSR count). The molecular weight excluding hydrogens is 404 g/mol. The number of benzene rings is 1. The number of hydrogen-bond donors (Lipinski definition) is 2. The van der Waals surface area contributed by atoms with Gasteiger partial charge in [0.15, 0.2) is 5.96 Å². The van der Waals surface area contributed by atoms with E-state index in [1.54, 1.807) is 6.33 Å². The molecule has 1 atom stereocenters. The molecule has 1 aliphatic rings. The van der Waals surface area contributed by atoms with Crippen molar-refractivity contribution < 1.29 is 0 Å². The van der Waals surface area contributed by atoms with Gasteiger partial charge < -0.3 is 10.6 Å². The molecule has 1 aromatic heterocycles. The Hall–Kier alpha value is -1.60. The maximum absolute atomic E-state index is 6.07. The van der Waals surface area contributed by atoms with Gasteiger partial charge in [-0.25, -0.2) is 9.67 Å². The zero-order valence-electron chi connectivity index (χ0n) is 14.2. The van der Waals surface area contributed by atoms with Crippen molar-refractivity contribution in [1.82, 2.24) is 25.4 Å². The number of guanidine groups is 1. The van der Waals surface area contributed by atoms with E-state index in [-0.39, 0.29) is 0 Å². The van der Waals surface area contributed by atoms with Crippen LogP contribution in [0.5, 0.6) is 0 Å². The number of nitrogens with one attached hydrogen (secondary N) is 2. The Balaban J connectivity index is 1.59. The number of aromatic nitrogens is 3. The first-order valence-electron chi connectivity index (χ1n) is 8.51. The summed E-state index contributed by atoms with van der Waals surface area (Å²) in [4.78, 5) is 8.97. The number of nitrogens with zero attached hydrogens (tertiary/aromatic N) is 4. The normalized spacial score (nSPS) is 17.2. The van der Waals surface area contributed by atoms with Crippen LogP contribution in [0.25, 0.3) is 0 Å². The second kappa shape index (κ2) is 8.67. The summed E-state index contributed by atoms with van der Waals surface area (Å²) in [5.41, 5.74) is 1.16. The molecule has 0 aliphatic carbocycles. The van der Waals surface area contributed by atoms with Gasteiger partial charge in [0.05, 0.1) is 6.54 Å². The molecule has 0 spiro atoms. The smallest absolute Gasteiger partial charge is 0.191 e. The van der Waals surface area contributed by atoms with Crippen LogP contribution in [0.1, 0.15) is 24.7 Å². The number of aliphatic imine (C=N–C) groups is 1. The fourth-order valence-electron chi connectivity index (χ4n) is 2.89. The molecule has 25 heavy (non-hydrogen) atoms. The Morgan fingerprint density at radius 1 is 1.48 bits per heavy atom. The van der Waals surface area contributed by atoms with Crippen molar-refractivity contribution in [2.24, 2.45) is 4.99 Å². The molecule has 0 radical (unpaired) electrons. The minimum absolute atomic E-state index is 0.310. The predicted molar refractivity (Wildman–Crippen MR) is 104 cm³/mol. The summed E-state index contributed by atoms with van der Waals surface area (Å²) in [7, 11) is 0. The zero-order chi connectivity index (χ0) is 17.6. The van der Waals surface area contributed by atoms with E-state index in [1.807, 2.05) is 22.9 Å². The van der Waals surface area contributed by atoms with Gasteiger partial charge in [0, 0.05) is 35.0 Å². The van der Waals surface area contributed by atoms with Crippen molar-refractivity contribution >= 4 is 33.5 Å². The monoisotopic (exact) mass is 424 g/mol. The van der Waals surface area contributed by atoms with Crippen molar-refractivity contribution in [1.29, 1.82) is 0 Å². The lowest BCUT2D eigenvalue weighted by molar-refractivity contribution is 0.393. The van der Waals surface area contributed by atoms with Crippen LogP contribution >= 0.6 is 27.5 Å². The maximum atomic E-state index is 6.07. The zero-order valence-corrected chi connectivity index (χ0v) is 16.5. The van der Waals surface area contributed by atoms with Crippen LogP contribution < -0.4 is 10.6 Å². The SMILES string of the molecule is CCNC(=NCCc1cc(Cl)ccc1Br)NC1CCc2ncnn2C1. The second-order valence-corrected chi connectivity index (χ2v) is 7.28. The van der Waals surface area contributed by atoms with Gasteiger partial charge in [-0.05, 0) is 43.5 Å². The van der Waals surface area contributed by atoms with Crippen LogP contribution in [0.15, 0.2) is 34.0 Å². The van der Waals surface area contributed by atoms with E-state index in [4.69, 9.17) is 16.6 Å². The highest BCUT2D eigenvalue weighted by Gasteiger charge is 2.20. The first-order valence-corrected chi connectivity index (χ1v) is 9.68. The van der Waals surface area contributed by atoms with Gasteiger partial charge in [0.25, 0.3) is 0 Å². The average molecular weight is 426 g/mol. The van der Waals surface area contributed by atoms with Gasteiger partial charge in [0.1, 0.15) is 12.2 Å². The molecule has 2 heterocycles. The van der Waals surface area contributed by atoms with Crippen LogP contribution in [0.3, 0.4) is 0 Å². The third kappa shape index (κ3) is 4.95. The number of aryl methyl sites for hydroxylation is 1. The maximum Gasteiger partial charge on any atom is 0.191 e. The average Bonchev–Trinajstić information content (AvgIpc) is 3.06. The summed E-state index contributed by atoms with van der Waals surface area (Å²) in [6, 6.07) is 6.15. The largest absolute Gasteiger partial charge is 0.357 e. The van der Waals surface area contributed by atoms with Crippen molar-refractivity contribution in [3.8, 4) is 0 Å². The third-order valence-electron chi connectivity index (χ3n) is 4.15. The van der Waals surface area contributed by atoms with Gasteiger partial charge >= 0.3 is 0 Å². The fourth-order valence-corrected chi connectivity index (χ4v) is 3.53. The highest BCUT2D eigenvalue weighted by atomic mass is 79.9. The van der Waals surface area contributed by atoms with Crippen LogP contribution in [0.2, 0.25) is 5.02 Å². The Morgan fingerprint density at radius 2 is 2.36 bits per heavy atom. The molecule has 2 aromatic rings. The molecule has 6 nitrogen and oxygen atoms in total. The van der Waals surface area contributed by atoms with Crippen LogP contribution in [0, 0.1) is 0 Å². The summed E-state index contributed by atoms with van der Waals surface area (Å²) >= 11 is 9.64. The lowest BCUT2D eigenvalue weighted by Crippen LogP contribution is -2.47. The molecule has 1 unspecified atom stereocenters. The minimum atomic E-state index is 0.310. The van der Waals surface area contributed by atoms with Crippen molar-refractivity contribution in [3.05, 3.63) is 45.4 Å². The Labute approximate surface area is 161 Å². The summed E-state index contributed by atoms with van der Waals surface area (Å²) in [6.07, 6.45) is 4.42. The topological polar surface area (TPSA) is 67.1 Å². The van der Waals surface area contributed by atoms with Gasteiger partial charge in [-0.15, -0.1) is 0 Å². The lowest BCUT2D eigenvalue weighted by atomic mass is 10.1. The van der Waals surface area contributed by atoms with E-state index >= 15 is 0 Å². The third-order valence-corrected chi connectivity index (χ3v) is 5.16. The van der Waals surface area contributed by atoms with Crippen molar-refractivity contribution in [2.45, 2.75) is 38.8 Å². The molecule has 134 valence electrons. The summed E-state index contributed by atoms with van der Waals surface area (Å²) < 4.78 is 3.03. The van der Waals surface area contributed by atoms with E-state index < -0.39 is 0 Å². The molecule has 0 amide bonds. The summed E-state index contributed by atoms with van der Waals surface area (Å²) in [6.45, 7) is 4.41. The Bertz CT molecular complexity index is 744. The van der Waals surface area contributed by atoms with E-state index in [1.165, 1.54) is 0 Å². The molecule has 0 fully saturated rings. The predicted octanol–water partition coefficient (Wildman–Crippen LogP) is 2.81. The van der Waals surface area contributed by atoms with E-state index in [2.05, 4.69) is 43.6 Å². The summed E-state index contributed by atoms with van der Waals surface area (Å²) in [5.74, 6) is 1.90. The molecule has 1 aliphatic heterocycles. The molecular formula is C17H22BrClN6. The van der Waals surface area contributed by atoms with E-state index in [0.29, 0.717) is 12.6 Å². The second-order valence-electron chi connectivity index (χ2n) is 5.98. The molecule has 1 aromatic carbocycles. The number of fused-ring (bicyclic) bond motifs is 1. The van der Waals surface area contributed by atoms with Crippen LogP contribution in [0.4, 0.5) is 0 Å². The lowest BCUT2D eigenvalue weighted by Gasteiger charge is -2.25. The fraction of sp³-hybridized carbons (Fsp3) is 0.471. The standard InChI is InChI=1S/C17H22BrClN6/c1-2-20-17(21-8-7-12-9-13(19)3-5-15(12)18)24-14-4-6-16-22-11-23-25(16)10-14/h3,5,9,11,14H,2,4,6-8,10H2,1H3,(H2,20,21,24). The van der Waals surface area contributed by atoms with Gasteiger partial charge in [-0.1, -0.05) is 27.5 Å². The van der Waals surface area contributed by atoms with Crippen LogP contribution in [-0.4, -0.2) is 39.9 Å². The highest BCUT2D eigenvalue weighted by Crippen LogP contribution is 2.21. The quantitative estimate of drug-likeness (QED) is 0.571. The first kappa shape index (κ1) is 18.2. The molecule has 0 bridgehead atoms. The first-order chi connectivity index (χ1) is 12.2. The van der Waals surface area contributed by atoms with Gasteiger partial charge in [0.2, 0.25) is 0 Å². The highest BCUT2D eigenvalue weighted by molar-refractivity contribution is 9.10. The van der Waals surface area contributed by atoms with Gasteiger partial charge in [-0.3, -0.25) is 4.99 Å². The van der Waals surface area contributed by atoms with Gasteiger partial charge in [-0.2, -0.15) is 5.10 Å². The Kier molecular flexibility index (Phi) is 6.31. The number of hydrogen-bond acceptors (Lipinski definition) is 3. The van der Waals surface area contributed by atoms with E-state index in [9.17, 15) is 0 Å². The van der Waals surface area contributed by atoms with E-state index in [0.717, 1.165) is 59.2 Å². The molecule has 0 saturated carbocycles. The molecule has 2 N–H and O–H groups in total. The van der Waals surface area contributed by atoms with Crippen LogP contribution in [-0.2, 0) is 19.4 Å². The Morgan fingerprint density at radius 3 is 3.20 bits per heavy atom. The summed E-state index contributed by atoms with van der Waals surface area (Å²) in [5, 5.41) is 11.8. The molecule has 8 heteroatoms. The number of rotatable bonds is 5. The van der Waals surface area contributed by atoms with Crippen molar-refractivity contribution in [2.75, 3.05) is 13.1 Å². The minimum Gasteiger partial charge on any atom is -0.357 e.